The molecule has 3 aliphatic carbocycles. The van der Waals surface area contributed by atoms with Gasteiger partial charge >= 0.3 is 5.97 Å². The molecule has 0 amide bonds. The van der Waals surface area contributed by atoms with E-state index >= 15 is 0 Å². The van der Waals surface area contributed by atoms with Gasteiger partial charge in [-0.3, -0.25) is 0 Å². The van der Waals surface area contributed by atoms with E-state index in [1.807, 2.05) is 12.2 Å². The van der Waals surface area contributed by atoms with Crippen molar-refractivity contribution in [2.45, 2.75) is 59.0 Å². The van der Waals surface area contributed by atoms with Gasteiger partial charge in [0, 0.05) is 11.5 Å². The smallest absolute Gasteiger partial charge is 0.331 e. The summed E-state index contributed by atoms with van der Waals surface area (Å²) in [5, 5.41) is 0. The van der Waals surface area contributed by atoms with Crippen LogP contribution >= 0.6 is 0 Å². The minimum Gasteiger partial charge on any atom is -0.459 e. The molecule has 0 aromatic heterocycles. The van der Waals surface area contributed by atoms with Crippen LogP contribution in [-0.2, 0) is 9.53 Å². The fourth-order valence-electron chi connectivity index (χ4n) is 4.42. The molecule has 0 aliphatic heterocycles. The van der Waals surface area contributed by atoms with Crippen LogP contribution in [0.25, 0.3) is 0 Å². The number of hydrogen-bond donors (Lipinski definition) is 0. The van der Waals surface area contributed by atoms with E-state index in [1.165, 1.54) is 18.4 Å². The molecule has 3 unspecified atom stereocenters. The van der Waals surface area contributed by atoms with Crippen molar-refractivity contribution in [3.8, 4) is 0 Å². The summed E-state index contributed by atoms with van der Waals surface area (Å²) in [6, 6.07) is 0. The van der Waals surface area contributed by atoms with E-state index in [9.17, 15) is 4.79 Å². The predicted octanol–water partition coefficient (Wildman–Crippen LogP) is 4.58. The number of hydrogen-bond acceptors (Lipinski definition) is 2. The summed E-state index contributed by atoms with van der Waals surface area (Å²) in [5.41, 5.74) is 1.64. The monoisotopic (exact) mass is 286 g/mol. The average Bonchev–Trinajstić information content (AvgIpc) is 2.79. The van der Waals surface area contributed by atoms with Gasteiger partial charge in [-0.25, -0.2) is 4.79 Å². The van der Waals surface area contributed by atoms with Crippen molar-refractivity contribution in [2.24, 2.45) is 16.7 Å². The van der Waals surface area contributed by atoms with Crippen LogP contribution in [0.3, 0.4) is 0 Å². The number of esters is 1. The van der Waals surface area contributed by atoms with E-state index in [-0.39, 0.29) is 17.5 Å². The maximum Gasteiger partial charge on any atom is 0.331 e. The molecule has 0 heterocycles. The lowest BCUT2D eigenvalue weighted by Gasteiger charge is -2.38. The number of rotatable bonds is 3. The maximum atomic E-state index is 12.1. The first-order chi connectivity index (χ1) is 9.93. The minimum atomic E-state index is -0.181. The number of carbonyl (C=O) groups is 1. The molecule has 0 N–H and O–H groups in total. The zero-order chi connectivity index (χ0) is 15.1. The first kappa shape index (κ1) is 14.6. The van der Waals surface area contributed by atoms with E-state index in [1.54, 1.807) is 6.08 Å². The summed E-state index contributed by atoms with van der Waals surface area (Å²) >= 11 is 0. The van der Waals surface area contributed by atoms with Crippen molar-refractivity contribution in [2.75, 3.05) is 0 Å². The van der Waals surface area contributed by atoms with Crippen LogP contribution in [0.4, 0.5) is 0 Å². The quantitative estimate of drug-likeness (QED) is 0.561. The molecule has 2 bridgehead atoms. The molecule has 21 heavy (non-hydrogen) atoms. The Morgan fingerprint density at radius 1 is 1.38 bits per heavy atom. The zero-order valence-corrected chi connectivity index (χ0v) is 13.4. The fraction of sp³-hybridized carbons (Fsp3) is 0.632. The Morgan fingerprint density at radius 2 is 2.19 bits per heavy atom. The molecule has 0 aromatic rings. The molecule has 3 atom stereocenters. The van der Waals surface area contributed by atoms with Crippen molar-refractivity contribution < 1.29 is 9.53 Å². The van der Waals surface area contributed by atoms with Crippen LogP contribution in [0, 0.1) is 16.7 Å². The molecular weight excluding hydrogens is 260 g/mol. The average molecular weight is 286 g/mol. The Labute approximate surface area is 127 Å². The lowest BCUT2D eigenvalue weighted by Crippen LogP contribution is -2.38. The molecule has 3 rings (SSSR count). The third-order valence-electron chi connectivity index (χ3n) is 6.45. The second kappa shape index (κ2) is 5.15. The van der Waals surface area contributed by atoms with Gasteiger partial charge in [-0.1, -0.05) is 45.1 Å². The zero-order valence-electron chi connectivity index (χ0n) is 13.4. The molecular formula is C19H26O2. The highest BCUT2D eigenvalue weighted by molar-refractivity contribution is 5.82. The van der Waals surface area contributed by atoms with E-state index in [2.05, 4.69) is 32.9 Å². The van der Waals surface area contributed by atoms with E-state index in [0.717, 1.165) is 19.3 Å². The number of carbonyl (C=O) groups excluding carboxylic acids is 1. The largest absolute Gasteiger partial charge is 0.459 e. The molecule has 0 saturated heterocycles. The molecule has 2 heteroatoms. The Morgan fingerprint density at radius 3 is 2.76 bits per heavy atom. The summed E-state index contributed by atoms with van der Waals surface area (Å²) in [6.45, 7) is 6.98. The fourth-order valence-corrected chi connectivity index (χ4v) is 4.42. The topological polar surface area (TPSA) is 26.3 Å². The maximum absolute atomic E-state index is 12.1. The van der Waals surface area contributed by atoms with Crippen LogP contribution in [-0.4, -0.2) is 12.1 Å². The summed E-state index contributed by atoms with van der Waals surface area (Å²) in [6.07, 6.45) is 15.4. The van der Waals surface area contributed by atoms with Crippen molar-refractivity contribution in [3.63, 3.8) is 0 Å². The molecule has 0 radical (unpaired) electrons. The van der Waals surface area contributed by atoms with Gasteiger partial charge in [0.1, 0.15) is 6.10 Å². The second-order valence-electron chi connectivity index (χ2n) is 7.58. The highest BCUT2D eigenvalue weighted by atomic mass is 16.5. The lowest BCUT2D eigenvalue weighted by molar-refractivity contribution is -0.150. The molecule has 2 saturated carbocycles. The molecule has 114 valence electrons. The lowest BCUT2D eigenvalue weighted by atomic mass is 9.70. The van der Waals surface area contributed by atoms with E-state index in [4.69, 9.17) is 4.74 Å². The van der Waals surface area contributed by atoms with Crippen molar-refractivity contribution >= 4 is 5.97 Å². The first-order valence-corrected chi connectivity index (χ1v) is 8.18. The third kappa shape index (κ3) is 2.39. The van der Waals surface area contributed by atoms with Crippen LogP contribution in [0.15, 0.2) is 36.0 Å². The van der Waals surface area contributed by atoms with Crippen molar-refractivity contribution in [1.82, 2.24) is 0 Å². The number of allylic oxidation sites excluding steroid dienone is 5. The molecule has 0 aromatic carbocycles. The van der Waals surface area contributed by atoms with E-state index in [0.29, 0.717) is 11.3 Å². The Balaban J connectivity index is 1.63. The second-order valence-corrected chi connectivity index (χ2v) is 7.58. The van der Waals surface area contributed by atoms with Gasteiger partial charge in [0.25, 0.3) is 0 Å². The van der Waals surface area contributed by atoms with Gasteiger partial charge in [-0.05, 0) is 49.0 Å². The summed E-state index contributed by atoms with van der Waals surface area (Å²) in [5.74, 6) is 0.524. The highest BCUT2D eigenvalue weighted by Crippen LogP contribution is 2.66. The summed E-state index contributed by atoms with van der Waals surface area (Å²) < 4.78 is 5.80. The van der Waals surface area contributed by atoms with Crippen LogP contribution in [0.5, 0.6) is 0 Å². The van der Waals surface area contributed by atoms with Crippen molar-refractivity contribution in [1.29, 1.82) is 0 Å². The Hall–Kier alpha value is -1.31. The van der Waals surface area contributed by atoms with Crippen LogP contribution in [0.1, 0.15) is 52.9 Å². The van der Waals surface area contributed by atoms with Gasteiger partial charge < -0.3 is 4.74 Å². The van der Waals surface area contributed by atoms with Gasteiger partial charge in [0.2, 0.25) is 0 Å². The SMILES string of the molecule is CC1(C)C2CCC1(C)C(OC(=O)/C=C/C1=CC=CCC1)C2. The van der Waals surface area contributed by atoms with E-state index < -0.39 is 0 Å². The summed E-state index contributed by atoms with van der Waals surface area (Å²) in [4.78, 5) is 12.1. The molecule has 2 fully saturated rings. The van der Waals surface area contributed by atoms with Gasteiger partial charge in [-0.15, -0.1) is 0 Å². The molecule has 3 aliphatic rings. The van der Waals surface area contributed by atoms with Crippen LogP contribution in [0.2, 0.25) is 0 Å². The molecule has 2 nitrogen and oxygen atoms in total. The minimum absolute atomic E-state index is 0.0867. The van der Waals surface area contributed by atoms with Crippen molar-refractivity contribution in [3.05, 3.63) is 36.0 Å². The number of ether oxygens (including phenoxy) is 1. The summed E-state index contributed by atoms with van der Waals surface area (Å²) in [7, 11) is 0. The highest BCUT2D eigenvalue weighted by Gasteiger charge is 2.62. The van der Waals surface area contributed by atoms with Gasteiger partial charge in [0.15, 0.2) is 0 Å². The number of fused-ring (bicyclic) bond motifs is 2. The molecule has 0 spiro atoms. The Bertz CT molecular complexity index is 524. The Kier molecular flexibility index (Phi) is 3.59. The normalized spacial score (nSPS) is 37.0. The third-order valence-corrected chi connectivity index (χ3v) is 6.45. The van der Waals surface area contributed by atoms with Crippen LogP contribution < -0.4 is 0 Å². The van der Waals surface area contributed by atoms with Gasteiger partial charge in [0.05, 0.1) is 0 Å². The first-order valence-electron chi connectivity index (χ1n) is 8.18. The predicted molar refractivity (Wildman–Crippen MR) is 84.7 cm³/mol. The van der Waals surface area contributed by atoms with Gasteiger partial charge in [-0.2, -0.15) is 0 Å². The standard InChI is InChI=1S/C19H26O2/c1-18(2)15-11-12-19(18,3)16(13-15)21-17(20)10-9-14-7-5-4-6-8-14/h4-5,7,9-10,15-16H,6,8,11-13H2,1-3H3/b10-9+.